The Bertz CT molecular complexity index is 706. The molecule has 1 amide bonds. The van der Waals surface area contributed by atoms with Crippen LogP contribution in [0.25, 0.3) is 0 Å². The largest absolute Gasteiger partial charge is 0.325 e. The number of amides is 1. The summed E-state index contributed by atoms with van der Waals surface area (Å²) >= 11 is 0. The minimum absolute atomic E-state index is 0.111. The van der Waals surface area contributed by atoms with E-state index in [0.717, 1.165) is 24.8 Å². The van der Waals surface area contributed by atoms with Crippen LogP contribution in [0.5, 0.6) is 0 Å². The van der Waals surface area contributed by atoms with E-state index in [-0.39, 0.29) is 17.5 Å². The van der Waals surface area contributed by atoms with Gasteiger partial charge in [0.15, 0.2) is 0 Å². The standard InChI is InChI=1S/C18H17F2NO/c1-12-11-15(20)7-8-16(12)21-17(22)18(9-2-10-18)13-3-5-14(19)6-4-13/h3-8,11H,2,9-10H2,1H3,(H,21,22). The van der Waals surface area contributed by atoms with Gasteiger partial charge in [0.25, 0.3) is 0 Å². The lowest BCUT2D eigenvalue weighted by molar-refractivity contribution is -0.124. The van der Waals surface area contributed by atoms with Gasteiger partial charge in [-0.3, -0.25) is 4.79 Å². The van der Waals surface area contributed by atoms with Crippen LogP contribution in [-0.4, -0.2) is 5.91 Å². The average Bonchev–Trinajstić information content (AvgIpc) is 2.43. The number of aryl methyl sites for hydroxylation is 1. The van der Waals surface area contributed by atoms with Crippen molar-refractivity contribution in [3.8, 4) is 0 Å². The SMILES string of the molecule is Cc1cc(F)ccc1NC(=O)C1(c2ccc(F)cc2)CCC1. The number of benzene rings is 2. The van der Waals surface area contributed by atoms with E-state index in [9.17, 15) is 13.6 Å². The Morgan fingerprint density at radius 3 is 2.23 bits per heavy atom. The van der Waals surface area contributed by atoms with Gasteiger partial charge in [-0.1, -0.05) is 18.6 Å². The van der Waals surface area contributed by atoms with Gasteiger partial charge in [-0.05, 0) is 61.2 Å². The summed E-state index contributed by atoms with van der Waals surface area (Å²) in [5, 5.41) is 2.89. The van der Waals surface area contributed by atoms with E-state index in [1.165, 1.54) is 24.3 Å². The zero-order valence-electron chi connectivity index (χ0n) is 12.3. The molecule has 0 aromatic heterocycles. The molecule has 0 bridgehead atoms. The Balaban J connectivity index is 1.87. The molecule has 22 heavy (non-hydrogen) atoms. The molecule has 2 aromatic rings. The van der Waals surface area contributed by atoms with E-state index < -0.39 is 5.41 Å². The van der Waals surface area contributed by atoms with Crippen LogP contribution >= 0.6 is 0 Å². The fourth-order valence-corrected chi connectivity index (χ4v) is 2.96. The summed E-state index contributed by atoms with van der Waals surface area (Å²) in [7, 11) is 0. The highest BCUT2D eigenvalue weighted by Crippen LogP contribution is 2.44. The third-order valence-electron chi connectivity index (χ3n) is 4.48. The average molecular weight is 301 g/mol. The maximum absolute atomic E-state index is 13.2. The van der Waals surface area contributed by atoms with Gasteiger partial charge >= 0.3 is 0 Å². The molecule has 3 rings (SSSR count). The zero-order valence-corrected chi connectivity index (χ0v) is 12.3. The van der Waals surface area contributed by atoms with Crippen LogP contribution in [-0.2, 0) is 10.2 Å². The quantitative estimate of drug-likeness (QED) is 0.898. The molecule has 2 aromatic carbocycles. The molecule has 114 valence electrons. The van der Waals surface area contributed by atoms with Crippen molar-refractivity contribution in [3.05, 3.63) is 65.2 Å². The Hall–Kier alpha value is -2.23. The smallest absolute Gasteiger partial charge is 0.235 e. The highest BCUT2D eigenvalue weighted by Gasteiger charge is 2.45. The van der Waals surface area contributed by atoms with Crippen molar-refractivity contribution >= 4 is 11.6 Å². The van der Waals surface area contributed by atoms with Crippen LogP contribution < -0.4 is 5.32 Å². The van der Waals surface area contributed by atoms with Gasteiger partial charge in [0, 0.05) is 5.69 Å². The molecule has 1 saturated carbocycles. The number of carbonyl (C=O) groups is 1. The lowest BCUT2D eigenvalue weighted by Crippen LogP contribution is -2.46. The molecule has 0 aliphatic heterocycles. The molecule has 2 nitrogen and oxygen atoms in total. The van der Waals surface area contributed by atoms with Crippen LogP contribution in [0.4, 0.5) is 14.5 Å². The number of hydrogen-bond acceptors (Lipinski definition) is 1. The maximum Gasteiger partial charge on any atom is 0.235 e. The number of carbonyl (C=O) groups excluding carboxylic acids is 1. The molecule has 0 atom stereocenters. The highest BCUT2D eigenvalue weighted by atomic mass is 19.1. The Labute approximate surface area is 128 Å². The number of halogens is 2. The van der Waals surface area contributed by atoms with Gasteiger partial charge in [-0.15, -0.1) is 0 Å². The molecule has 0 radical (unpaired) electrons. The Morgan fingerprint density at radius 2 is 1.68 bits per heavy atom. The summed E-state index contributed by atoms with van der Waals surface area (Å²) in [6, 6.07) is 10.4. The van der Waals surface area contributed by atoms with Gasteiger partial charge < -0.3 is 5.32 Å². The van der Waals surface area contributed by atoms with E-state index >= 15 is 0 Å². The third-order valence-corrected chi connectivity index (χ3v) is 4.48. The summed E-state index contributed by atoms with van der Waals surface area (Å²) < 4.78 is 26.3. The minimum atomic E-state index is -0.603. The summed E-state index contributed by atoms with van der Waals surface area (Å²) in [6.45, 7) is 1.75. The van der Waals surface area contributed by atoms with Crippen LogP contribution in [0.15, 0.2) is 42.5 Å². The predicted molar refractivity (Wildman–Crippen MR) is 81.7 cm³/mol. The highest BCUT2D eigenvalue weighted by molar-refractivity contribution is 6.00. The monoisotopic (exact) mass is 301 g/mol. The summed E-state index contributed by atoms with van der Waals surface area (Å²) in [5.41, 5.74) is 1.52. The van der Waals surface area contributed by atoms with Crippen molar-refractivity contribution in [1.82, 2.24) is 0 Å². The second-order valence-corrected chi connectivity index (χ2v) is 5.86. The van der Waals surface area contributed by atoms with E-state index in [2.05, 4.69) is 5.32 Å². The van der Waals surface area contributed by atoms with Crippen molar-refractivity contribution in [3.63, 3.8) is 0 Å². The summed E-state index contributed by atoms with van der Waals surface area (Å²) in [5.74, 6) is -0.750. The fraction of sp³-hybridized carbons (Fsp3) is 0.278. The fourth-order valence-electron chi connectivity index (χ4n) is 2.96. The van der Waals surface area contributed by atoms with E-state index in [0.29, 0.717) is 11.3 Å². The van der Waals surface area contributed by atoms with Gasteiger partial charge in [-0.2, -0.15) is 0 Å². The number of anilines is 1. The topological polar surface area (TPSA) is 29.1 Å². The predicted octanol–water partition coefficient (Wildman–Crippen LogP) is 4.33. The van der Waals surface area contributed by atoms with E-state index in [1.54, 1.807) is 25.1 Å². The van der Waals surface area contributed by atoms with Gasteiger partial charge in [-0.25, -0.2) is 8.78 Å². The molecule has 0 spiro atoms. The number of hydrogen-bond donors (Lipinski definition) is 1. The van der Waals surface area contributed by atoms with Crippen LogP contribution in [0, 0.1) is 18.6 Å². The zero-order chi connectivity index (χ0) is 15.7. The number of nitrogens with one attached hydrogen (secondary N) is 1. The van der Waals surface area contributed by atoms with E-state index in [4.69, 9.17) is 0 Å². The normalized spacial score (nSPS) is 16.0. The minimum Gasteiger partial charge on any atom is -0.325 e. The Morgan fingerprint density at radius 1 is 1.05 bits per heavy atom. The molecule has 0 unspecified atom stereocenters. The van der Waals surface area contributed by atoms with Gasteiger partial charge in [0.1, 0.15) is 11.6 Å². The van der Waals surface area contributed by atoms with Crippen LogP contribution in [0.2, 0.25) is 0 Å². The van der Waals surface area contributed by atoms with Gasteiger partial charge in [0.2, 0.25) is 5.91 Å². The van der Waals surface area contributed by atoms with Crippen LogP contribution in [0.1, 0.15) is 30.4 Å². The maximum atomic E-state index is 13.2. The molecular formula is C18H17F2NO. The lowest BCUT2D eigenvalue weighted by Gasteiger charge is -2.40. The lowest BCUT2D eigenvalue weighted by atomic mass is 9.63. The first-order valence-corrected chi connectivity index (χ1v) is 7.35. The molecule has 0 saturated heterocycles. The first-order valence-electron chi connectivity index (χ1n) is 7.35. The van der Waals surface area contributed by atoms with Crippen molar-refractivity contribution < 1.29 is 13.6 Å². The molecular weight excluding hydrogens is 284 g/mol. The van der Waals surface area contributed by atoms with Crippen molar-refractivity contribution in [1.29, 1.82) is 0 Å². The summed E-state index contributed by atoms with van der Waals surface area (Å²) in [6.07, 6.45) is 2.45. The third kappa shape index (κ3) is 2.49. The van der Waals surface area contributed by atoms with Crippen molar-refractivity contribution in [2.24, 2.45) is 0 Å². The van der Waals surface area contributed by atoms with Crippen molar-refractivity contribution in [2.45, 2.75) is 31.6 Å². The molecule has 4 heteroatoms. The first-order chi connectivity index (χ1) is 10.5. The van der Waals surface area contributed by atoms with E-state index in [1.807, 2.05) is 0 Å². The Kier molecular flexibility index (Phi) is 3.69. The van der Waals surface area contributed by atoms with Crippen LogP contribution in [0.3, 0.4) is 0 Å². The van der Waals surface area contributed by atoms with Crippen molar-refractivity contribution in [2.75, 3.05) is 5.32 Å². The second kappa shape index (κ2) is 5.52. The first kappa shape index (κ1) is 14.7. The molecule has 1 aliphatic rings. The summed E-state index contributed by atoms with van der Waals surface area (Å²) in [4.78, 5) is 12.7. The number of rotatable bonds is 3. The molecule has 1 N–H and O–H groups in total. The van der Waals surface area contributed by atoms with Gasteiger partial charge in [0.05, 0.1) is 5.41 Å². The molecule has 1 fully saturated rings. The second-order valence-electron chi connectivity index (χ2n) is 5.86. The molecule has 1 aliphatic carbocycles. The molecule has 0 heterocycles.